The maximum Gasteiger partial charge on any atom is 0.254 e. The van der Waals surface area contributed by atoms with Crippen molar-refractivity contribution in [3.8, 4) is 11.5 Å². The van der Waals surface area contributed by atoms with E-state index in [1.165, 1.54) is 4.90 Å². The smallest absolute Gasteiger partial charge is 0.254 e. The van der Waals surface area contributed by atoms with Crippen LogP contribution in [0.15, 0.2) is 42.7 Å². The number of ether oxygens (including phenoxy) is 2. The normalized spacial score (nSPS) is 12.4. The standard InChI is InChI=1S/C18H19N3O4/c1-2-21(18(23)13-5-7-19-8-6-13)12-17(22)20-14-3-4-15-16(11-14)25-10-9-24-15/h3-8,11H,2,9-10,12H2,1H3,(H,20,22). The maximum absolute atomic E-state index is 12.4. The molecule has 25 heavy (non-hydrogen) atoms. The topological polar surface area (TPSA) is 80.8 Å². The highest BCUT2D eigenvalue weighted by Gasteiger charge is 2.18. The van der Waals surface area contributed by atoms with Gasteiger partial charge < -0.3 is 19.7 Å². The number of carbonyl (C=O) groups is 2. The molecule has 7 heteroatoms. The van der Waals surface area contributed by atoms with Crippen LogP contribution in [0.3, 0.4) is 0 Å². The van der Waals surface area contributed by atoms with Crippen LogP contribution >= 0.6 is 0 Å². The van der Waals surface area contributed by atoms with Gasteiger partial charge >= 0.3 is 0 Å². The zero-order chi connectivity index (χ0) is 17.6. The van der Waals surface area contributed by atoms with Crippen LogP contribution in [0.5, 0.6) is 11.5 Å². The lowest BCUT2D eigenvalue weighted by atomic mass is 10.2. The third-order valence-corrected chi connectivity index (χ3v) is 3.76. The van der Waals surface area contributed by atoms with Gasteiger partial charge in [0.25, 0.3) is 5.91 Å². The van der Waals surface area contributed by atoms with E-state index in [0.717, 1.165) is 0 Å². The molecular weight excluding hydrogens is 322 g/mol. The molecule has 0 bridgehead atoms. The molecule has 0 fully saturated rings. The Morgan fingerprint density at radius 3 is 2.56 bits per heavy atom. The Morgan fingerprint density at radius 2 is 1.84 bits per heavy atom. The van der Waals surface area contributed by atoms with Crippen LogP contribution in [0.1, 0.15) is 17.3 Å². The van der Waals surface area contributed by atoms with Crippen molar-refractivity contribution < 1.29 is 19.1 Å². The molecule has 3 rings (SSSR count). The van der Waals surface area contributed by atoms with Gasteiger partial charge in [-0.05, 0) is 31.2 Å². The number of anilines is 1. The van der Waals surface area contributed by atoms with E-state index in [2.05, 4.69) is 10.3 Å². The first-order valence-electron chi connectivity index (χ1n) is 8.06. The number of rotatable bonds is 5. The summed E-state index contributed by atoms with van der Waals surface area (Å²) in [5.74, 6) is 0.778. The lowest BCUT2D eigenvalue weighted by Crippen LogP contribution is -2.37. The van der Waals surface area contributed by atoms with Crippen molar-refractivity contribution in [2.75, 3.05) is 31.6 Å². The second-order valence-electron chi connectivity index (χ2n) is 5.46. The molecule has 1 aromatic heterocycles. The maximum atomic E-state index is 12.4. The quantitative estimate of drug-likeness (QED) is 0.899. The fourth-order valence-electron chi connectivity index (χ4n) is 2.50. The third-order valence-electron chi connectivity index (χ3n) is 3.76. The van der Waals surface area contributed by atoms with Crippen LogP contribution in [0.4, 0.5) is 5.69 Å². The highest BCUT2D eigenvalue weighted by molar-refractivity contribution is 5.99. The molecule has 0 radical (unpaired) electrons. The molecule has 2 aromatic rings. The van der Waals surface area contributed by atoms with E-state index >= 15 is 0 Å². The van der Waals surface area contributed by atoms with E-state index in [4.69, 9.17) is 9.47 Å². The van der Waals surface area contributed by atoms with Gasteiger partial charge in [0.05, 0.1) is 0 Å². The van der Waals surface area contributed by atoms with Gasteiger partial charge in [-0.1, -0.05) is 0 Å². The Hall–Kier alpha value is -3.09. The molecule has 0 unspecified atom stereocenters. The fraction of sp³-hybridized carbons (Fsp3) is 0.278. The SMILES string of the molecule is CCN(CC(=O)Nc1ccc2c(c1)OCCO2)C(=O)c1ccncc1. The summed E-state index contributed by atoms with van der Waals surface area (Å²) in [6.45, 7) is 3.22. The Kier molecular flexibility index (Phi) is 5.13. The van der Waals surface area contributed by atoms with Crippen molar-refractivity contribution in [1.82, 2.24) is 9.88 Å². The minimum absolute atomic E-state index is 0.0356. The third kappa shape index (κ3) is 4.06. The van der Waals surface area contributed by atoms with Gasteiger partial charge in [0.15, 0.2) is 11.5 Å². The molecule has 2 heterocycles. The average Bonchev–Trinajstić information content (AvgIpc) is 2.66. The monoisotopic (exact) mass is 341 g/mol. The van der Waals surface area contributed by atoms with Crippen molar-refractivity contribution in [1.29, 1.82) is 0 Å². The summed E-state index contributed by atoms with van der Waals surface area (Å²) >= 11 is 0. The van der Waals surface area contributed by atoms with Gasteiger partial charge in [0, 0.05) is 36.3 Å². The van der Waals surface area contributed by atoms with E-state index in [1.807, 2.05) is 6.92 Å². The van der Waals surface area contributed by atoms with Gasteiger partial charge in [0.1, 0.15) is 19.8 Å². The summed E-state index contributed by atoms with van der Waals surface area (Å²) in [5.41, 5.74) is 1.10. The molecule has 0 spiro atoms. The van der Waals surface area contributed by atoms with Gasteiger partial charge in [-0.3, -0.25) is 14.6 Å². The van der Waals surface area contributed by atoms with Crippen molar-refractivity contribution in [2.24, 2.45) is 0 Å². The number of hydrogen-bond acceptors (Lipinski definition) is 5. The van der Waals surface area contributed by atoms with E-state index < -0.39 is 0 Å². The van der Waals surface area contributed by atoms with Gasteiger partial charge in [-0.2, -0.15) is 0 Å². The van der Waals surface area contributed by atoms with Crippen molar-refractivity contribution in [2.45, 2.75) is 6.92 Å². The first kappa shape index (κ1) is 16.8. The molecule has 130 valence electrons. The van der Waals surface area contributed by atoms with E-state index in [1.54, 1.807) is 42.7 Å². The van der Waals surface area contributed by atoms with Crippen molar-refractivity contribution in [3.63, 3.8) is 0 Å². The Morgan fingerprint density at radius 1 is 1.12 bits per heavy atom. The Labute approximate surface area is 145 Å². The molecule has 0 saturated heterocycles. The zero-order valence-electron chi connectivity index (χ0n) is 13.9. The number of hydrogen-bond donors (Lipinski definition) is 1. The van der Waals surface area contributed by atoms with Crippen LogP contribution in [0.2, 0.25) is 0 Å². The van der Waals surface area contributed by atoms with E-state index in [0.29, 0.717) is 42.5 Å². The molecule has 1 aromatic carbocycles. The van der Waals surface area contributed by atoms with Crippen LogP contribution in [-0.2, 0) is 4.79 Å². The number of aromatic nitrogens is 1. The molecular formula is C18H19N3O4. The highest BCUT2D eigenvalue weighted by Crippen LogP contribution is 2.32. The number of pyridine rings is 1. The highest BCUT2D eigenvalue weighted by atomic mass is 16.6. The summed E-state index contributed by atoms with van der Waals surface area (Å²) in [7, 11) is 0. The largest absolute Gasteiger partial charge is 0.486 e. The van der Waals surface area contributed by atoms with Crippen LogP contribution in [0.25, 0.3) is 0 Å². The average molecular weight is 341 g/mol. The molecule has 1 aliphatic rings. The summed E-state index contributed by atoms with van der Waals surface area (Å²) in [6.07, 6.45) is 3.10. The molecule has 1 N–H and O–H groups in total. The second kappa shape index (κ2) is 7.65. The van der Waals surface area contributed by atoms with Gasteiger partial charge in [0.2, 0.25) is 5.91 Å². The molecule has 0 aliphatic carbocycles. The number of likely N-dealkylation sites (N-methyl/N-ethyl adjacent to an activating group) is 1. The van der Waals surface area contributed by atoms with Gasteiger partial charge in [-0.25, -0.2) is 0 Å². The zero-order valence-corrected chi connectivity index (χ0v) is 13.9. The Balaban J connectivity index is 1.64. The predicted molar refractivity (Wildman–Crippen MR) is 91.9 cm³/mol. The minimum Gasteiger partial charge on any atom is -0.486 e. The number of amides is 2. The predicted octanol–water partition coefficient (Wildman–Crippen LogP) is 1.95. The molecule has 0 atom stereocenters. The summed E-state index contributed by atoms with van der Waals surface area (Å²) in [4.78, 5) is 30.1. The van der Waals surface area contributed by atoms with Crippen LogP contribution < -0.4 is 14.8 Å². The minimum atomic E-state index is -0.277. The van der Waals surface area contributed by atoms with Crippen molar-refractivity contribution in [3.05, 3.63) is 48.3 Å². The van der Waals surface area contributed by atoms with Crippen molar-refractivity contribution >= 4 is 17.5 Å². The number of carbonyl (C=O) groups excluding carboxylic acids is 2. The van der Waals surface area contributed by atoms with E-state index in [-0.39, 0.29) is 18.4 Å². The Bertz CT molecular complexity index is 764. The number of nitrogens with one attached hydrogen (secondary N) is 1. The van der Waals surface area contributed by atoms with Gasteiger partial charge in [-0.15, -0.1) is 0 Å². The summed E-state index contributed by atoms with van der Waals surface area (Å²) in [6, 6.07) is 8.47. The number of fused-ring (bicyclic) bond motifs is 1. The number of benzene rings is 1. The summed E-state index contributed by atoms with van der Waals surface area (Å²) in [5, 5.41) is 2.78. The fourth-order valence-corrected chi connectivity index (χ4v) is 2.50. The molecule has 2 amide bonds. The first-order valence-corrected chi connectivity index (χ1v) is 8.06. The van der Waals surface area contributed by atoms with E-state index in [9.17, 15) is 9.59 Å². The lowest BCUT2D eigenvalue weighted by molar-refractivity contribution is -0.116. The van der Waals surface area contributed by atoms with Crippen LogP contribution in [0, 0.1) is 0 Å². The summed E-state index contributed by atoms with van der Waals surface area (Å²) < 4.78 is 10.9. The molecule has 0 saturated carbocycles. The molecule has 7 nitrogen and oxygen atoms in total. The molecule has 1 aliphatic heterocycles. The second-order valence-corrected chi connectivity index (χ2v) is 5.46. The lowest BCUT2D eigenvalue weighted by Gasteiger charge is -2.21. The number of nitrogens with zero attached hydrogens (tertiary/aromatic N) is 2. The van der Waals surface area contributed by atoms with Crippen LogP contribution in [-0.4, -0.2) is 48.0 Å². The first-order chi connectivity index (χ1) is 12.2.